The van der Waals surface area contributed by atoms with Crippen molar-refractivity contribution in [1.29, 1.82) is 0 Å². The Hall–Kier alpha value is -3.13. The van der Waals surface area contributed by atoms with Gasteiger partial charge < -0.3 is 15.5 Å². The molecule has 0 spiro atoms. The molecular formula is C23H26N6OS. The largest absolute Gasteiger partial charge is 0.341 e. The van der Waals surface area contributed by atoms with Crippen LogP contribution >= 0.6 is 11.8 Å². The number of nitrogens with zero attached hydrogens (tertiary/aromatic N) is 4. The van der Waals surface area contributed by atoms with Gasteiger partial charge in [-0.15, -0.1) is 11.8 Å². The topological polar surface area (TPSA) is 83.0 Å². The molecule has 1 fully saturated rings. The maximum absolute atomic E-state index is 11.4. The molecule has 0 unspecified atom stereocenters. The Balaban J connectivity index is 1.40. The summed E-state index contributed by atoms with van der Waals surface area (Å²) < 4.78 is 0. The van der Waals surface area contributed by atoms with E-state index in [9.17, 15) is 4.79 Å². The maximum atomic E-state index is 11.4. The predicted octanol–water partition coefficient (Wildman–Crippen LogP) is 4.64. The number of amides is 1. The SMILES string of the molecule is CC(=O)Nc1cccc(Nc2ncnc(N3CCC(Sc4ccccc4)CC3)n2)c1C. The first kappa shape index (κ1) is 21.1. The molecule has 0 bridgehead atoms. The van der Waals surface area contributed by atoms with E-state index in [1.54, 1.807) is 6.33 Å². The van der Waals surface area contributed by atoms with Crippen LogP contribution < -0.4 is 15.5 Å². The van der Waals surface area contributed by atoms with E-state index in [0.29, 0.717) is 17.1 Å². The van der Waals surface area contributed by atoms with Gasteiger partial charge in [0.2, 0.25) is 17.8 Å². The molecule has 0 aliphatic carbocycles. The Morgan fingerprint density at radius 3 is 2.52 bits per heavy atom. The number of carbonyl (C=O) groups is 1. The van der Waals surface area contributed by atoms with Crippen molar-refractivity contribution in [3.8, 4) is 0 Å². The molecule has 2 aromatic carbocycles. The number of benzene rings is 2. The van der Waals surface area contributed by atoms with E-state index in [1.807, 2.05) is 36.9 Å². The third-order valence-corrected chi connectivity index (χ3v) is 6.57. The quantitative estimate of drug-likeness (QED) is 0.585. The smallest absolute Gasteiger partial charge is 0.232 e. The minimum absolute atomic E-state index is 0.100. The van der Waals surface area contributed by atoms with Crippen LogP contribution in [0.5, 0.6) is 0 Å². The Morgan fingerprint density at radius 1 is 1.03 bits per heavy atom. The van der Waals surface area contributed by atoms with Gasteiger partial charge in [-0.2, -0.15) is 4.98 Å². The lowest BCUT2D eigenvalue weighted by Crippen LogP contribution is -2.36. The van der Waals surface area contributed by atoms with Crippen molar-refractivity contribution < 1.29 is 4.79 Å². The highest BCUT2D eigenvalue weighted by Gasteiger charge is 2.22. The van der Waals surface area contributed by atoms with Crippen LogP contribution in [-0.4, -0.2) is 39.2 Å². The van der Waals surface area contributed by atoms with E-state index in [-0.39, 0.29) is 5.91 Å². The average Bonchev–Trinajstić information content (AvgIpc) is 2.78. The fraction of sp³-hybridized carbons (Fsp3) is 0.304. The van der Waals surface area contributed by atoms with Gasteiger partial charge in [-0.1, -0.05) is 24.3 Å². The summed E-state index contributed by atoms with van der Waals surface area (Å²) in [5.41, 5.74) is 2.55. The second-order valence-corrected chi connectivity index (χ2v) is 8.88. The van der Waals surface area contributed by atoms with Crippen LogP contribution in [0.25, 0.3) is 0 Å². The molecule has 0 atom stereocenters. The van der Waals surface area contributed by atoms with Crippen LogP contribution in [0.2, 0.25) is 0 Å². The Labute approximate surface area is 186 Å². The fourth-order valence-electron chi connectivity index (χ4n) is 3.58. The summed E-state index contributed by atoms with van der Waals surface area (Å²) in [5.74, 6) is 1.08. The summed E-state index contributed by atoms with van der Waals surface area (Å²) in [7, 11) is 0. The second-order valence-electron chi connectivity index (χ2n) is 7.51. The molecule has 2 heterocycles. The Bertz CT molecular complexity index is 1040. The van der Waals surface area contributed by atoms with Crippen LogP contribution in [0.15, 0.2) is 59.8 Å². The van der Waals surface area contributed by atoms with E-state index >= 15 is 0 Å². The van der Waals surface area contributed by atoms with Crippen LogP contribution in [0.1, 0.15) is 25.3 Å². The van der Waals surface area contributed by atoms with E-state index in [1.165, 1.54) is 11.8 Å². The van der Waals surface area contributed by atoms with Crippen molar-refractivity contribution in [1.82, 2.24) is 15.0 Å². The van der Waals surface area contributed by atoms with E-state index < -0.39 is 0 Å². The maximum Gasteiger partial charge on any atom is 0.232 e. The van der Waals surface area contributed by atoms with Gasteiger partial charge in [0.05, 0.1) is 0 Å². The molecule has 8 heteroatoms. The molecule has 1 aliphatic heterocycles. The van der Waals surface area contributed by atoms with Gasteiger partial charge in [0, 0.05) is 41.5 Å². The monoisotopic (exact) mass is 434 g/mol. The molecule has 0 saturated carbocycles. The average molecular weight is 435 g/mol. The molecule has 1 aliphatic rings. The summed E-state index contributed by atoms with van der Waals surface area (Å²) >= 11 is 1.95. The van der Waals surface area contributed by atoms with E-state index in [4.69, 9.17) is 0 Å². The molecule has 1 aromatic heterocycles. The van der Waals surface area contributed by atoms with Gasteiger partial charge in [-0.05, 0) is 49.6 Å². The third kappa shape index (κ3) is 5.52. The molecule has 0 radical (unpaired) electrons. The zero-order valence-electron chi connectivity index (χ0n) is 17.7. The minimum Gasteiger partial charge on any atom is -0.341 e. The molecule has 2 N–H and O–H groups in total. The molecule has 7 nitrogen and oxygen atoms in total. The number of thioether (sulfide) groups is 1. The Kier molecular flexibility index (Phi) is 6.66. The molecule has 160 valence electrons. The highest BCUT2D eigenvalue weighted by atomic mass is 32.2. The predicted molar refractivity (Wildman–Crippen MR) is 126 cm³/mol. The lowest BCUT2D eigenvalue weighted by atomic mass is 10.1. The molecule has 3 aromatic rings. The number of nitrogens with one attached hydrogen (secondary N) is 2. The number of carbonyl (C=O) groups excluding carboxylic acids is 1. The molecule has 1 saturated heterocycles. The first-order chi connectivity index (χ1) is 15.1. The number of hydrogen-bond acceptors (Lipinski definition) is 7. The van der Waals surface area contributed by atoms with Gasteiger partial charge in [0.15, 0.2) is 0 Å². The zero-order valence-corrected chi connectivity index (χ0v) is 18.5. The van der Waals surface area contributed by atoms with Crippen molar-refractivity contribution in [2.75, 3.05) is 28.6 Å². The van der Waals surface area contributed by atoms with Gasteiger partial charge in [-0.25, -0.2) is 9.97 Å². The summed E-state index contributed by atoms with van der Waals surface area (Å²) in [6.45, 7) is 5.29. The van der Waals surface area contributed by atoms with E-state index in [0.717, 1.165) is 42.9 Å². The molecule has 31 heavy (non-hydrogen) atoms. The van der Waals surface area contributed by atoms with Crippen LogP contribution in [0.4, 0.5) is 23.3 Å². The zero-order chi connectivity index (χ0) is 21.6. The fourth-order valence-corrected chi connectivity index (χ4v) is 4.73. The summed E-state index contributed by atoms with van der Waals surface area (Å²) in [4.78, 5) is 28.3. The summed E-state index contributed by atoms with van der Waals surface area (Å²) in [6.07, 6.45) is 3.72. The first-order valence-electron chi connectivity index (χ1n) is 10.4. The first-order valence-corrected chi connectivity index (χ1v) is 11.3. The second kappa shape index (κ2) is 9.78. The number of aromatic nitrogens is 3. The van der Waals surface area contributed by atoms with Crippen molar-refractivity contribution in [2.24, 2.45) is 0 Å². The molecule has 4 rings (SSSR count). The molecule has 1 amide bonds. The number of hydrogen-bond donors (Lipinski definition) is 2. The van der Waals surface area contributed by atoms with Crippen molar-refractivity contribution >= 4 is 40.9 Å². The number of anilines is 4. The van der Waals surface area contributed by atoms with Crippen LogP contribution in [0.3, 0.4) is 0 Å². The van der Waals surface area contributed by atoms with Crippen molar-refractivity contribution in [2.45, 2.75) is 36.8 Å². The highest BCUT2D eigenvalue weighted by molar-refractivity contribution is 8.00. The lowest BCUT2D eigenvalue weighted by molar-refractivity contribution is -0.114. The normalized spacial score (nSPS) is 14.3. The summed E-state index contributed by atoms with van der Waals surface area (Å²) in [6, 6.07) is 16.3. The van der Waals surface area contributed by atoms with Gasteiger partial charge in [0.1, 0.15) is 6.33 Å². The summed E-state index contributed by atoms with van der Waals surface area (Å²) in [5, 5.41) is 6.71. The number of piperidine rings is 1. The third-order valence-electron chi connectivity index (χ3n) is 5.22. The Morgan fingerprint density at radius 2 is 1.77 bits per heavy atom. The molecular weight excluding hydrogens is 408 g/mol. The van der Waals surface area contributed by atoms with Crippen molar-refractivity contribution in [3.63, 3.8) is 0 Å². The van der Waals surface area contributed by atoms with Gasteiger partial charge in [0.25, 0.3) is 0 Å². The van der Waals surface area contributed by atoms with Crippen molar-refractivity contribution in [3.05, 3.63) is 60.4 Å². The minimum atomic E-state index is -0.100. The van der Waals surface area contributed by atoms with Gasteiger partial charge >= 0.3 is 0 Å². The highest BCUT2D eigenvalue weighted by Crippen LogP contribution is 2.31. The van der Waals surface area contributed by atoms with E-state index in [2.05, 4.69) is 60.8 Å². The number of rotatable bonds is 6. The standard InChI is InChI=1S/C23H26N6OS/c1-16-20(26-17(2)30)9-6-10-21(16)27-22-24-15-25-23(28-22)29-13-11-19(12-14-29)31-18-7-4-3-5-8-18/h3-10,15,19H,11-14H2,1-2H3,(H,26,30)(H,24,25,27,28). The lowest BCUT2D eigenvalue weighted by Gasteiger charge is -2.31. The van der Waals surface area contributed by atoms with Crippen LogP contribution in [-0.2, 0) is 4.79 Å². The van der Waals surface area contributed by atoms with Gasteiger partial charge in [-0.3, -0.25) is 4.79 Å². The van der Waals surface area contributed by atoms with Crippen LogP contribution in [0, 0.1) is 6.92 Å².